The van der Waals surface area contributed by atoms with E-state index in [1.54, 1.807) is 29.1 Å². The van der Waals surface area contributed by atoms with Crippen LogP contribution in [-0.2, 0) is 7.05 Å². The lowest BCUT2D eigenvalue weighted by atomic mass is 10.2. The van der Waals surface area contributed by atoms with E-state index in [0.717, 1.165) is 10.7 Å². The number of thiazole rings is 1. The molecule has 138 valence electrons. The summed E-state index contributed by atoms with van der Waals surface area (Å²) in [7, 11) is 1.73. The molecule has 0 fully saturated rings. The Labute approximate surface area is 155 Å². The molecule has 1 unspecified atom stereocenters. The van der Waals surface area contributed by atoms with Gasteiger partial charge in [-0.1, -0.05) is 0 Å². The smallest absolute Gasteiger partial charge is 0.325 e. The summed E-state index contributed by atoms with van der Waals surface area (Å²) in [4.78, 5) is 32.3. The summed E-state index contributed by atoms with van der Waals surface area (Å²) in [5, 5.41) is 16.1. The lowest BCUT2D eigenvalue weighted by molar-refractivity contribution is 0.214. The molecule has 0 aliphatic carbocycles. The molecule has 1 atom stereocenters. The molecular weight excluding hydrogens is 370 g/mol. The predicted octanol–water partition coefficient (Wildman–Crippen LogP) is 1.31. The van der Waals surface area contributed by atoms with E-state index >= 15 is 0 Å². The molecule has 0 bridgehead atoms. The van der Waals surface area contributed by atoms with Gasteiger partial charge >= 0.3 is 5.69 Å². The summed E-state index contributed by atoms with van der Waals surface area (Å²) in [6, 6.07) is 1.66. The molecule has 0 saturated heterocycles. The molecule has 4 heterocycles. The molecule has 4 rings (SSSR count). The van der Waals surface area contributed by atoms with Crippen LogP contribution in [0, 0.1) is 6.92 Å². The highest BCUT2D eigenvalue weighted by molar-refractivity contribution is 7.09. The topological polar surface area (TPSA) is 131 Å². The fourth-order valence-corrected chi connectivity index (χ4v) is 3.33. The first-order valence-corrected chi connectivity index (χ1v) is 8.92. The largest absolute Gasteiger partial charge is 0.467 e. The highest BCUT2D eigenvalue weighted by Gasteiger charge is 2.19. The molecule has 0 spiro atoms. The number of fused-ring (bicyclic) bond motifs is 1. The van der Waals surface area contributed by atoms with Gasteiger partial charge in [-0.25, -0.2) is 14.5 Å². The molecule has 4 aromatic rings. The summed E-state index contributed by atoms with van der Waals surface area (Å²) in [6.07, 6.45) is 0.996. The fraction of sp³-hybridized carbons (Fsp3) is 0.250. The van der Waals surface area contributed by atoms with E-state index in [4.69, 9.17) is 4.74 Å². The van der Waals surface area contributed by atoms with Gasteiger partial charge in [0.05, 0.1) is 21.7 Å². The summed E-state index contributed by atoms with van der Waals surface area (Å²) in [5.74, 6) is 0.364. The van der Waals surface area contributed by atoms with Crippen LogP contribution in [0.15, 0.2) is 27.2 Å². The van der Waals surface area contributed by atoms with Crippen LogP contribution in [0.2, 0.25) is 0 Å². The van der Waals surface area contributed by atoms with Crippen LogP contribution in [0.5, 0.6) is 5.88 Å². The van der Waals surface area contributed by atoms with Gasteiger partial charge in [-0.2, -0.15) is 0 Å². The summed E-state index contributed by atoms with van der Waals surface area (Å²) in [6.45, 7) is 3.82. The van der Waals surface area contributed by atoms with Crippen molar-refractivity contribution in [1.82, 2.24) is 34.9 Å². The van der Waals surface area contributed by atoms with Crippen LogP contribution >= 0.6 is 11.3 Å². The second kappa shape index (κ2) is 6.43. The molecule has 10 nitrogen and oxygen atoms in total. The predicted molar refractivity (Wildman–Crippen MR) is 98.9 cm³/mol. The van der Waals surface area contributed by atoms with Gasteiger partial charge in [0, 0.05) is 18.6 Å². The molecule has 27 heavy (non-hydrogen) atoms. The first kappa shape index (κ1) is 17.1. The lowest BCUT2D eigenvalue weighted by Crippen LogP contribution is -2.22. The first-order chi connectivity index (χ1) is 12.9. The molecule has 0 amide bonds. The monoisotopic (exact) mass is 385 g/mol. The number of aryl methyl sites for hydroxylation is 2. The van der Waals surface area contributed by atoms with Gasteiger partial charge in [0.1, 0.15) is 11.8 Å². The Morgan fingerprint density at radius 2 is 2.11 bits per heavy atom. The SMILES string of the molecule is Cc1nc(C(C)Oc2nn(C)c3nnc(-c4c[nH]c(=O)[nH]c4=O)cc23)cs1. The average Bonchev–Trinajstić information content (AvgIpc) is 3.19. The minimum absolute atomic E-state index is 0.196. The number of nitrogens with one attached hydrogen (secondary N) is 2. The van der Waals surface area contributed by atoms with Crippen molar-refractivity contribution in [3.05, 3.63) is 49.2 Å². The van der Waals surface area contributed by atoms with E-state index in [2.05, 4.69) is 30.2 Å². The van der Waals surface area contributed by atoms with E-state index in [-0.39, 0.29) is 11.7 Å². The fourth-order valence-electron chi connectivity index (χ4n) is 2.63. The number of ether oxygens (including phenoxy) is 1. The van der Waals surface area contributed by atoms with E-state index in [0.29, 0.717) is 22.6 Å². The number of H-pyrrole nitrogens is 2. The molecule has 0 aromatic carbocycles. The van der Waals surface area contributed by atoms with Gasteiger partial charge in [0.25, 0.3) is 5.56 Å². The van der Waals surface area contributed by atoms with Crippen molar-refractivity contribution >= 4 is 22.4 Å². The zero-order chi connectivity index (χ0) is 19.1. The third-order valence-electron chi connectivity index (χ3n) is 3.99. The first-order valence-electron chi connectivity index (χ1n) is 8.04. The van der Waals surface area contributed by atoms with E-state index in [1.807, 2.05) is 19.2 Å². The quantitative estimate of drug-likeness (QED) is 0.541. The Hall–Kier alpha value is -3.34. The normalized spacial score (nSPS) is 12.4. The summed E-state index contributed by atoms with van der Waals surface area (Å²) >= 11 is 1.55. The van der Waals surface area contributed by atoms with Gasteiger partial charge in [-0.3, -0.25) is 9.78 Å². The zero-order valence-electron chi connectivity index (χ0n) is 14.7. The zero-order valence-corrected chi connectivity index (χ0v) is 15.5. The molecular formula is C16H15N7O3S. The Morgan fingerprint density at radius 1 is 1.30 bits per heavy atom. The van der Waals surface area contributed by atoms with Crippen molar-refractivity contribution in [3.8, 4) is 17.1 Å². The van der Waals surface area contributed by atoms with Gasteiger partial charge in [0.2, 0.25) is 5.88 Å². The summed E-state index contributed by atoms with van der Waals surface area (Å²) in [5.41, 5.74) is 0.685. The number of aromatic amines is 2. The average molecular weight is 385 g/mol. The molecule has 11 heteroatoms. The third kappa shape index (κ3) is 3.12. The standard InChI is InChI=1S/C16H15N7O3S/c1-7(12-6-27-8(2)18-12)26-15-9-4-11(20-21-13(9)23(3)22-15)10-5-17-16(25)19-14(10)24/h4-7H,1-3H3,(H2,17,19,24,25). The third-order valence-corrected chi connectivity index (χ3v) is 4.78. The van der Waals surface area contributed by atoms with Crippen molar-refractivity contribution < 1.29 is 4.74 Å². The van der Waals surface area contributed by atoms with Crippen LogP contribution in [0.3, 0.4) is 0 Å². The minimum Gasteiger partial charge on any atom is -0.467 e. The van der Waals surface area contributed by atoms with Gasteiger partial charge in [0.15, 0.2) is 5.65 Å². The number of hydrogen-bond acceptors (Lipinski definition) is 8. The maximum atomic E-state index is 12.0. The van der Waals surface area contributed by atoms with Gasteiger partial charge in [-0.15, -0.1) is 26.6 Å². The van der Waals surface area contributed by atoms with E-state index in [1.165, 1.54) is 6.20 Å². The van der Waals surface area contributed by atoms with Crippen molar-refractivity contribution in [3.63, 3.8) is 0 Å². The molecule has 0 saturated carbocycles. The maximum Gasteiger partial charge on any atom is 0.325 e. The maximum absolute atomic E-state index is 12.0. The highest BCUT2D eigenvalue weighted by atomic mass is 32.1. The van der Waals surface area contributed by atoms with Crippen LogP contribution in [0.4, 0.5) is 0 Å². The Bertz CT molecular complexity index is 1250. The minimum atomic E-state index is -0.587. The number of aromatic nitrogens is 7. The van der Waals surface area contributed by atoms with Gasteiger partial charge in [-0.05, 0) is 19.9 Å². The Morgan fingerprint density at radius 3 is 2.81 bits per heavy atom. The van der Waals surface area contributed by atoms with Crippen molar-refractivity contribution in [2.24, 2.45) is 7.05 Å². The number of hydrogen-bond donors (Lipinski definition) is 2. The van der Waals surface area contributed by atoms with Crippen molar-refractivity contribution in [2.75, 3.05) is 0 Å². The van der Waals surface area contributed by atoms with Gasteiger partial charge < -0.3 is 9.72 Å². The van der Waals surface area contributed by atoms with E-state index in [9.17, 15) is 9.59 Å². The highest BCUT2D eigenvalue weighted by Crippen LogP contribution is 2.29. The molecule has 0 radical (unpaired) electrons. The van der Waals surface area contributed by atoms with Crippen LogP contribution < -0.4 is 16.0 Å². The Kier molecular flexibility index (Phi) is 4.07. The van der Waals surface area contributed by atoms with Crippen molar-refractivity contribution in [1.29, 1.82) is 0 Å². The second-order valence-electron chi connectivity index (χ2n) is 5.93. The lowest BCUT2D eigenvalue weighted by Gasteiger charge is -2.10. The second-order valence-corrected chi connectivity index (χ2v) is 6.99. The molecule has 4 aromatic heterocycles. The van der Waals surface area contributed by atoms with Crippen LogP contribution in [-0.4, -0.2) is 34.9 Å². The molecule has 2 N–H and O–H groups in total. The summed E-state index contributed by atoms with van der Waals surface area (Å²) < 4.78 is 7.54. The molecule has 0 aliphatic rings. The number of rotatable bonds is 4. The van der Waals surface area contributed by atoms with E-state index < -0.39 is 11.2 Å². The number of nitrogens with zero attached hydrogens (tertiary/aromatic N) is 5. The van der Waals surface area contributed by atoms with Crippen LogP contribution in [0.25, 0.3) is 22.3 Å². The Balaban J connectivity index is 1.77. The molecule has 0 aliphatic heterocycles. The van der Waals surface area contributed by atoms with Crippen molar-refractivity contribution in [2.45, 2.75) is 20.0 Å². The van der Waals surface area contributed by atoms with Crippen LogP contribution in [0.1, 0.15) is 23.7 Å².